The first-order chi connectivity index (χ1) is 8.55. The van der Waals surface area contributed by atoms with Crippen LogP contribution in [-0.4, -0.2) is 33.1 Å². The molecule has 0 radical (unpaired) electrons. The number of benzene rings is 1. The Bertz CT molecular complexity index is 524. The largest absolute Gasteiger partial charge is 0.497 e. The average molecular weight is 272 g/mol. The summed E-state index contributed by atoms with van der Waals surface area (Å²) in [5.74, 6) is 0.519. The van der Waals surface area contributed by atoms with E-state index in [-0.39, 0.29) is 10.6 Å². The molecule has 2 N–H and O–H groups in total. The van der Waals surface area contributed by atoms with Gasteiger partial charge in [0.1, 0.15) is 10.6 Å². The Labute approximate surface area is 106 Å². The number of nitrogen functional groups attached to an aromatic ring is 1. The molecule has 0 spiro atoms. The number of nitrogens with zero attached hydrogens (tertiary/aromatic N) is 1. The van der Waals surface area contributed by atoms with Crippen molar-refractivity contribution in [3.05, 3.63) is 18.2 Å². The van der Waals surface area contributed by atoms with Crippen molar-refractivity contribution in [2.75, 3.05) is 26.0 Å². The second-order valence-corrected chi connectivity index (χ2v) is 5.77. The lowest BCUT2D eigenvalue weighted by Crippen LogP contribution is -2.36. The lowest BCUT2D eigenvalue weighted by Gasteiger charge is -2.25. The number of hydrogen-bond donors (Lipinski definition) is 1. The number of nitrogens with two attached hydrogens (primary N) is 1. The molecule has 0 aliphatic carbocycles. The van der Waals surface area contributed by atoms with E-state index in [0.717, 1.165) is 17.3 Å². The summed E-state index contributed by atoms with van der Waals surface area (Å²) in [6.45, 7) is 0.767. The highest BCUT2D eigenvalue weighted by atomic mass is 32.2. The molecule has 0 bridgehead atoms. The van der Waals surface area contributed by atoms with E-state index in [1.807, 2.05) is 0 Å². The van der Waals surface area contributed by atoms with E-state index in [2.05, 4.69) is 0 Å². The minimum absolute atomic E-state index is 0.0465. The minimum atomic E-state index is -3.69. The molecule has 0 amide bonds. The van der Waals surface area contributed by atoms with E-state index in [9.17, 15) is 8.42 Å². The molecule has 1 aliphatic rings. The van der Waals surface area contributed by atoms with Gasteiger partial charge in [0.2, 0.25) is 0 Å². The van der Waals surface area contributed by atoms with E-state index < -0.39 is 10.0 Å². The van der Waals surface area contributed by atoms with E-state index in [1.54, 1.807) is 6.07 Å². The third-order valence-electron chi connectivity index (χ3n) is 2.73. The van der Waals surface area contributed by atoms with Crippen molar-refractivity contribution in [1.29, 1.82) is 0 Å². The van der Waals surface area contributed by atoms with E-state index in [0.29, 0.717) is 18.9 Å². The monoisotopic (exact) mass is 272 g/mol. The summed E-state index contributed by atoms with van der Waals surface area (Å²) < 4.78 is 30.6. The Kier molecular flexibility index (Phi) is 3.74. The molecular weight excluding hydrogens is 256 g/mol. The van der Waals surface area contributed by atoms with E-state index in [4.69, 9.17) is 15.3 Å². The van der Waals surface area contributed by atoms with Gasteiger partial charge in [0.25, 0.3) is 10.0 Å². The number of methoxy groups -OCH3 is 1. The topological polar surface area (TPSA) is 81.9 Å². The van der Waals surface area contributed by atoms with Crippen LogP contribution in [0.2, 0.25) is 0 Å². The first-order valence-corrected chi connectivity index (χ1v) is 7.09. The van der Waals surface area contributed by atoms with Gasteiger partial charge < -0.3 is 10.5 Å². The summed E-state index contributed by atoms with van der Waals surface area (Å²) in [7, 11) is -2.19. The van der Waals surface area contributed by atoms with Crippen LogP contribution in [0.15, 0.2) is 23.1 Å². The van der Waals surface area contributed by atoms with Crippen molar-refractivity contribution in [2.45, 2.75) is 17.7 Å². The lowest BCUT2D eigenvalue weighted by atomic mass is 10.3. The SMILES string of the molecule is COc1ccc(S(=O)(=O)N2CCCCO2)c(N)c1. The van der Waals surface area contributed by atoms with Crippen LogP contribution in [0.3, 0.4) is 0 Å². The van der Waals surface area contributed by atoms with Crippen LogP contribution < -0.4 is 10.5 Å². The summed E-state index contributed by atoms with van der Waals surface area (Å²) in [6.07, 6.45) is 1.65. The smallest absolute Gasteiger partial charge is 0.267 e. The second-order valence-electron chi connectivity index (χ2n) is 3.98. The fourth-order valence-electron chi connectivity index (χ4n) is 1.76. The molecule has 0 atom stereocenters. The third kappa shape index (κ3) is 2.43. The van der Waals surface area contributed by atoms with Crippen LogP contribution in [0, 0.1) is 0 Å². The van der Waals surface area contributed by atoms with Gasteiger partial charge in [-0.2, -0.15) is 0 Å². The van der Waals surface area contributed by atoms with Crippen LogP contribution in [-0.2, 0) is 14.9 Å². The fraction of sp³-hybridized carbons (Fsp3) is 0.455. The summed E-state index contributed by atoms with van der Waals surface area (Å²) in [5.41, 5.74) is 5.90. The van der Waals surface area contributed by atoms with Crippen LogP contribution in [0.25, 0.3) is 0 Å². The molecule has 100 valence electrons. The minimum Gasteiger partial charge on any atom is -0.497 e. The summed E-state index contributed by atoms with van der Waals surface area (Å²) in [4.78, 5) is 5.21. The maximum atomic E-state index is 12.3. The molecular formula is C11H16N2O4S. The maximum absolute atomic E-state index is 12.3. The number of hydroxylamine groups is 1. The van der Waals surface area contributed by atoms with E-state index in [1.165, 1.54) is 19.2 Å². The molecule has 0 unspecified atom stereocenters. The third-order valence-corrected chi connectivity index (χ3v) is 4.49. The van der Waals surface area contributed by atoms with Crippen LogP contribution in [0.5, 0.6) is 5.75 Å². The van der Waals surface area contributed by atoms with Gasteiger partial charge in [-0.05, 0) is 25.0 Å². The molecule has 0 aromatic heterocycles. The number of hydrogen-bond acceptors (Lipinski definition) is 5. The number of rotatable bonds is 3. The lowest BCUT2D eigenvalue weighted by molar-refractivity contribution is -0.108. The molecule has 1 fully saturated rings. The average Bonchev–Trinajstić information content (AvgIpc) is 2.39. The highest BCUT2D eigenvalue weighted by Crippen LogP contribution is 2.27. The Hall–Kier alpha value is -1.31. The van der Waals surface area contributed by atoms with Crippen molar-refractivity contribution in [1.82, 2.24) is 4.47 Å². The molecule has 1 aliphatic heterocycles. The van der Waals surface area contributed by atoms with Gasteiger partial charge in [-0.15, -0.1) is 0 Å². The molecule has 1 heterocycles. The standard InChI is InChI=1S/C11H16N2O4S/c1-16-9-4-5-11(10(12)8-9)18(14,15)13-6-2-3-7-17-13/h4-5,8H,2-3,6-7,12H2,1H3. The van der Waals surface area contributed by atoms with Crippen molar-refractivity contribution in [3.63, 3.8) is 0 Å². The van der Waals surface area contributed by atoms with Crippen LogP contribution in [0.1, 0.15) is 12.8 Å². The molecule has 1 saturated heterocycles. The van der Waals surface area contributed by atoms with Crippen molar-refractivity contribution in [2.24, 2.45) is 0 Å². The fourth-order valence-corrected chi connectivity index (χ4v) is 3.16. The van der Waals surface area contributed by atoms with Gasteiger partial charge in [0.05, 0.1) is 19.4 Å². The Morgan fingerprint density at radius 2 is 2.17 bits per heavy atom. The maximum Gasteiger partial charge on any atom is 0.267 e. The van der Waals surface area contributed by atoms with Crippen molar-refractivity contribution < 1.29 is 18.0 Å². The summed E-state index contributed by atoms with van der Waals surface area (Å²) in [6, 6.07) is 4.48. The van der Waals surface area contributed by atoms with Crippen LogP contribution >= 0.6 is 0 Å². The van der Waals surface area contributed by atoms with Gasteiger partial charge in [0, 0.05) is 12.6 Å². The van der Waals surface area contributed by atoms with Gasteiger partial charge >= 0.3 is 0 Å². The second kappa shape index (κ2) is 5.13. The first kappa shape index (κ1) is 13.1. The van der Waals surface area contributed by atoms with Gasteiger partial charge in [0.15, 0.2) is 0 Å². The zero-order chi connectivity index (χ0) is 13.2. The molecule has 0 saturated carbocycles. The Morgan fingerprint density at radius 1 is 1.39 bits per heavy atom. The van der Waals surface area contributed by atoms with Gasteiger partial charge in [-0.3, -0.25) is 4.84 Å². The van der Waals surface area contributed by atoms with E-state index >= 15 is 0 Å². The normalized spacial score (nSPS) is 17.6. The zero-order valence-corrected chi connectivity index (χ0v) is 10.9. The van der Waals surface area contributed by atoms with Crippen molar-refractivity contribution in [3.8, 4) is 5.75 Å². The molecule has 1 aromatic rings. The van der Waals surface area contributed by atoms with Crippen LogP contribution in [0.4, 0.5) is 5.69 Å². The quantitative estimate of drug-likeness (QED) is 0.830. The molecule has 1 aromatic carbocycles. The molecule has 2 rings (SSSR count). The summed E-state index contributed by atoms with van der Waals surface area (Å²) >= 11 is 0. The number of anilines is 1. The predicted octanol–water partition coefficient (Wildman–Crippen LogP) is 0.993. The predicted molar refractivity (Wildman–Crippen MR) is 66.5 cm³/mol. The van der Waals surface area contributed by atoms with Gasteiger partial charge in [-0.25, -0.2) is 8.42 Å². The number of ether oxygens (including phenoxy) is 1. The molecule has 6 nitrogen and oxygen atoms in total. The highest BCUT2D eigenvalue weighted by molar-refractivity contribution is 7.89. The number of sulfonamides is 1. The Balaban J connectivity index is 2.34. The molecule has 18 heavy (non-hydrogen) atoms. The van der Waals surface area contributed by atoms with Gasteiger partial charge in [-0.1, -0.05) is 4.47 Å². The summed E-state index contributed by atoms with van der Waals surface area (Å²) in [5, 5.41) is 0. The highest BCUT2D eigenvalue weighted by Gasteiger charge is 2.29. The molecule has 7 heteroatoms. The Morgan fingerprint density at radius 3 is 2.72 bits per heavy atom. The first-order valence-electron chi connectivity index (χ1n) is 5.65. The van der Waals surface area contributed by atoms with Crippen molar-refractivity contribution >= 4 is 15.7 Å². The zero-order valence-electron chi connectivity index (χ0n) is 10.1.